The third-order valence-corrected chi connectivity index (χ3v) is 2.84. The molecule has 0 saturated heterocycles. The summed E-state index contributed by atoms with van der Waals surface area (Å²) < 4.78 is 0. The van der Waals surface area contributed by atoms with Crippen molar-refractivity contribution in [3.63, 3.8) is 0 Å². The van der Waals surface area contributed by atoms with Crippen LogP contribution in [0.25, 0.3) is 0 Å². The van der Waals surface area contributed by atoms with Crippen molar-refractivity contribution < 1.29 is 9.90 Å². The Morgan fingerprint density at radius 2 is 2.20 bits per heavy atom. The molecule has 0 saturated carbocycles. The summed E-state index contributed by atoms with van der Waals surface area (Å²) in [6.07, 6.45) is 9.71. The van der Waals surface area contributed by atoms with Crippen molar-refractivity contribution in [3.8, 4) is 0 Å². The van der Waals surface area contributed by atoms with Gasteiger partial charge in [-0.3, -0.25) is 4.79 Å². The molecule has 0 radical (unpaired) electrons. The molecule has 2 nitrogen and oxygen atoms in total. The number of carboxylic acid groups (broad SMARTS) is 1. The van der Waals surface area contributed by atoms with Gasteiger partial charge in [0.15, 0.2) is 0 Å². The molecule has 0 atom stereocenters. The summed E-state index contributed by atoms with van der Waals surface area (Å²) in [7, 11) is 0. The Kier molecular flexibility index (Phi) is 8.98. The number of carbonyl (C=O) groups is 1. The fraction of sp³-hybridized carbons (Fsp3) is 0.417. The zero-order valence-corrected chi connectivity index (χ0v) is 9.93. The van der Waals surface area contributed by atoms with E-state index in [-0.39, 0.29) is 6.42 Å². The molecule has 0 heterocycles. The largest absolute Gasteiger partial charge is 0.481 e. The Morgan fingerprint density at radius 3 is 2.73 bits per heavy atom. The smallest absolute Gasteiger partial charge is 0.303 e. The van der Waals surface area contributed by atoms with Crippen LogP contribution in [0.3, 0.4) is 0 Å². The Balaban J connectivity index is 3.64. The fourth-order valence-electron chi connectivity index (χ4n) is 0.934. The van der Waals surface area contributed by atoms with Gasteiger partial charge in [-0.15, -0.1) is 11.8 Å². The average Bonchev–Trinajstić information content (AvgIpc) is 2.21. The molecule has 0 aromatic heterocycles. The summed E-state index contributed by atoms with van der Waals surface area (Å²) in [5.74, 6) is 0.233. The van der Waals surface area contributed by atoms with Gasteiger partial charge in [-0.25, -0.2) is 0 Å². The topological polar surface area (TPSA) is 37.3 Å². The quantitative estimate of drug-likeness (QED) is 0.507. The highest BCUT2D eigenvalue weighted by Crippen LogP contribution is 2.18. The van der Waals surface area contributed by atoms with E-state index in [0.29, 0.717) is 0 Å². The van der Waals surface area contributed by atoms with Crippen LogP contribution in [0.1, 0.15) is 26.2 Å². The van der Waals surface area contributed by atoms with Crippen LogP contribution in [0.5, 0.6) is 0 Å². The first-order chi connectivity index (χ1) is 7.20. The van der Waals surface area contributed by atoms with E-state index in [9.17, 15) is 4.79 Å². The predicted octanol–water partition coefficient (Wildman–Crippen LogP) is 3.62. The van der Waals surface area contributed by atoms with Gasteiger partial charge in [-0.05, 0) is 31.6 Å². The van der Waals surface area contributed by atoms with E-state index in [4.69, 9.17) is 5.11 Å². The summed E-state index contributed by atoms with van der Waals surface area (Å²) in [6, 6.07) is 0. The SMILES string of the molecule is C=C/C(=C\C=C/C)SCCCCC(=O)O. The van der Waals surface area contributed by atoms with Crippen LogP contribution in [0.4, 0.5) is 0 Å². The Hall–Kier alpha value is -0.960. The van der Waals surface area contributed by atoms with E-state index in [2.05, 4.69) is 6.58 Å². The van der Waals surface area contributed by atoms with Crippen LogP contribution < -0.4 is 0 Å². The normalized spacial score (nSPS) is 11.9. The Morgan fingerprint density at radius 1 is 1.47 bits per heavy atom. The lowest BCUT2D eigenvalue weighted by Crippen LogP contribution is -1.94. The van der Waals surface area contributed by atoms with E-state index in [1.165, 1.54) is 0 Å². The number of rotatable bonds is 8. The number of thioether (sulfide) groups is 1. The molecule has 0 aliphatic carbocycles. The highest BCUT2D eigenvalue weighted by molar-refractivity contribution is 8.03. The molecule has 1 N–H and O–H groups in total. The second kappa shape index (κ2) is 9.59. The molecule has 0 aromatic rings. The highest BCUT2D eigenvalue weighted by Gasteiger charge is 1.97. The van der Waals surface area contributed by atoms with Gasteiger partial charge in [-0.1, -0.05) is 24.8 Å². The lowest BCUT2D eigenvalue weighted by Gasteiger charge is -2.00. The minimum Gasteiger partial charge on any atom is -0.481 e. The van der Waals surface area contributed by atoms with Gasteiger partial charge in [0.05, 0.1) is 0 Å². The zero-order chi connectivity index (χ0) is 11.5. The number of aliphatic carboxylic acids is 1. The molecule has 0 spiro atoms. The van der Waals surface area contributed by atoms with Gasteiger partial charge in [0, 0.05) is 11.3 Å². The van der Waals surface area contributed by atoms with Gasteiger partial charge >= 0.3 is 5.97 Å². The van der Waals surface area contributed by atoms with Gasteiger partial charge in [-0.2, -0.15) is 0 Å². The maximum atomic E-state index is 10.3. The lowest BCUT2D eigenvalue weighted by atomic mass is 10.2. The van der Waals surface area contributed by atoms with Crippen LogP contribution in [0.2, 0.25) is 0 Å². The van der Waals surface area contributed by atoms with E-state index in [1.807, 2.05) is 31.2 Å². The first-order valence-corrected chi connectivity index (χ1v) is 5.99. The van der Waals surface area contributed by atoms with Crippen LogP contribution in [-0.2, 0) is 4.79 Å². The van der Waals surface area contributed by atoms with E-state index in [1.54, 1.807) is 11.8 Å². The molecule has 0 bridgehead atoms. The van der Waals surface area contributed by atoms with Crippen molar-refractivity contribution in [3.05, 3.63) is 35.8 Å². The summed E-state index contributed by atoms with van der Waals surface area (Å²) in [4.78, 5) is 11.4. The number of carboxylic acids is 1. The van der Waals surface area contributed by atoms with Crippen LogP contribution in [0, 0.1) is 0 Å². The van der Waals surface area contributed by atoms with Crippen LogP contribution in [0.15, 0.2) is 35.8 Å². The second-order valence-electron chi connectivity index (χ2n) is 3.00. The average molecular weight is 226 g/mol. The molecule has 0 unspecified atom stereocenters. The molecule has 0 aliphatic heterocycles. The summed E-state index contributed by atoms with van der Waals surface area (Å²) >= 11 is 1.71. The zero-order valence-electron chi connectivity index (χ0n) is 9.11. The van der Waals surface area contributed by atoms with Crippen molar-refractivity contribution in [2.24, 2.45) is 0 Å². The van der Waals surface area contributed by atoms with E-state index >= 15 is 0 Å². The Bertz CT molecular complexity index is 254. The second-order valence-corrected chi connectivity index (χ2v) is 4.17. The van der Waals surface area contributed by atoms with Gasteiger partial charge in [0.25, 0.3) is 0 Å². The molecule has 0 rings (SSSR count). The van der Waals surface area contributed by atoms with Crippen LogP contribution in [-0.4, -0.2) is 16.8 Å². The predicted molar refractivity (Wildman–Crippen MR) is 67.0 cm³/mol. The van der Waals surface area contributed by atoms with Gasteiger partial charge in [0.1, 0.15) is 0 Å². The first-order valence-electron chi connectivity index (χ1n) is 5.00. The fourth-order valence-corrected chi connectivity index (χ4v) is 1.81. The molecule has 15 heavy (non-hydrogen) atoms. The summed E-state index contributed by atoms with van der Waals surface area (Å²) in [5.41, 5.74) is 0. The van der Waals surface area contributed by atoms with E-state index < -0.39 is 5.97 Å². The number of unbranched alkanes of at least 4 members (excludes halogenated alkanes) is 1. The molecule has 84 valence electrons. The molecular weight excluding hydrogens is 208 g/mol. The van der Waals surface area contributed by atoms with Gasteiger partial charge < -0.3 is 5.11 Å². The molecule has 0 aliphatic rings. The van der Waals surface area contributed by atoms with Crippen molar-refractivity contribution in [1.82, 2.24) is 0 Å². The van der Waals surface area contributed by atoms with Crippen molar-refractivity contribution in [1.29, 1.82) is 0 Å². The van der Waals surface area contributed by atoms with Crippen molar-refractivity contribution in [2.75, 3.05) is 5.75 Å². The molecule has 3 heteroatoms. The number of hydrogen-bond acceptors (Lipinski definition) is 2. The molecule has 0 aromatic carbocycles. The monoisotopic (exact) mass is 226 g/mol. The highest BCUT2D eigenvalue weighted by atomic mass is 32.2. The molecular formula is C12H18O2S. The van der Waals surface area contributed by atoms with E-state index in [0.717, 1.165) is 23.5 Å². The standard InChI is InChI=1S/C12H18O2S/c1-3-5-8-11(4-2)15-10-7-6-9-12(13)14/h3-5,8H,2,6-7,9-10H2,1H3,(H,13,14)/b5-3-,11-8+. The number of hydrogen-bond donors (Lipinski definition) is 1. The maximum absolute atomic E-state index is 10.3. The van der Waals surface area contributed by atoms with Crippen molar-refractivity contribution >= 4 is 17.7 Å². The maximum Gasteiger partial charge on any atom is 0.303 e. The first kappa shape index (κ1) is 14.0. The number of allylic oxidation sites excluding steroid dienone is 4. The van der Waals surface area contributed by atoms with Crippen LogP contribution >= 0.6 is 11.8 Å². The van der Waals surface area contributed by atoms with Gasteiger partial charge in [0.2, 0.25) is 0 Å². The summed E-state index contributed by atoms with van der Waals surface area (Å²) in [5, 5.41) is 8.44. The Labute approximate surface area is 95.8 Å². The van der Waals surface area contributed by atoms with Crippen molar-refractivity contribution in [2.45, 2.75) is 26.2 Å². The minimum absolute atomic E-state index is 0.266. The summed E-state index contributed by atoms with van der Waals surface area (Å²) in [6.45, 7) is 5.69. The third-order valence-electron chi connectivity index (χ3n) is 1.71. The minimum atomic E-state index is -0.714. The molecule has 0 fully saturated rings. The third kappa shape index (κ3) is 9.35. The lowest BCUT2D eigenvalue weighted by molar-refractivity contribution is -0.137. The molecule has 0 amide bonds.